The number of imidazole rings is 1. The first kappa shape index (κ1) is 20.2. The zero-order chi connectivity index (χ0) is 18.9. The number of hydrogen-bond donors (Lipinski definition) is 1. The zero-order valence-electron chi connectivity index (χ0n) is 15.3. The number of aliphatic hydroxyl groups is 1. The third-order valence-electron chi connectivity index (χ3n) is 5.18. The van der Waals surface area contributed by atoms with Crippen molar-refractivity contribution in [2.24, 2.45) is 11.8 Å². The fraction of sp³-hybridized carbons (Fsp3) is 0.412. The molecule has 1 saturated heterocycles. The van der Waals surface area contributed by atoms with Crippen molar-refractivity contribution in [2.45, 2.75) is 32.9 Å². The van der Waals surface area contributed by atoms with E-state index in [0.29, 0.717) is 21.0 Å². The van der Waals surface area contributed by atoms with Gasteiger partial charge in [-0.25, -0.2) is 4.98 Å². The molecule has 1 amide bonds. The summed E-state index contributed by atoms with van der Waals surface area (Å²) in [6.45, 7) is 4.79. The first-order valence-electron chi connectivity index (χ1n) is 8.18. The van der Waals surface area contributed by atoms with Gasteiger partial charge < -0.3 is 19.9 Å². The van der Waals surface area contributed by atoms with Gasteiger partial charge in [0.15, 0.2) is 5.78 Å². The number of carboxylic acid groups (broad SMARTS) is 1. The number of carboxylic acids is 1. The molecule has 0 spiro atoms. The molecule has 2 aliphatic rings. The number of rotatable bonds is 4. The Balaban J connectivity index is 0.00000210. The summed E-state index contributed by atoms with van der Waals surface area (Å²) in [5.41, 5.74) is 0.671. The molecule has 4 atom stereocenters. The van der Waals surface area contributed by atoms with Crippen LogP contribution in [0.2, 0.25) is 0 Å². The Bertz CT molecular complexity index is 1010. The van der Waals surface area contributed by atoms with Gasteiger partial charge in [-0.3, -0.25) is 14.0 Å². The van der Waals surface area contributed by atoms with E-state index in [0.717, 1.165) is 0 Å². The molecule has 8 nitrogen and oxygen atoms in total. The first-order valence-corrected chi connectivity index (χ1v) is 9.00. The monoisotopic (exact) mass is 397 g/mol. The molecule has 0 aromatic carbocycles. The summed E-state index contributed by atoms with van der Waals surface area (Å²) in [6.07, 6.45) is 2.35. The molecule has 10 heteroatoms. The number of β-lactam (4-membered cyclic amide) rings is 1. The molecular weight excluding hydrogens is 381 g/mol. The van der Waals surface area contributed by atoms with E-state index < -0.39 is 29.9 Å². The number of carbonyl (C=O) groups excluding carboxylic acids is 3. The van der Waals surface area contributed by atoms with E-state index in [2.05, 4.69) is 4.98 Å². The number of hydrogen-bond acceptors (Lipinski definition) is 7. The summed E-state index contributed by atoms with van der Waals surface area (Å²) in [5.74, 6) is -2.91. The van der Waals surface area contributed by atoms with Crippen molar-refractivity contribution in [3.8, 4) is 0 Å². The minimum absolute atomic E-state index is 0. The van der Waals surface area contributed by atoms with Crippen molar-refractivity contribution in [1.29, 1.82) is 0 Å². The molecule has 2 aromatic rings. The molecule has 1 fully saturated rings. The van der Waals surface area contributed by atoms with E-state index in [1.165, 1.54) is 36.4 Å². The maximum Gasteiger partial charge on any atom is 1.00 e. The van der Waals surface area contributed by atoms with E-state index >= 15 is 0 Å². The fourth-order valence-electron chi connectivity index (χ4n) is 4.05. The van der Waals surface area contributed by atoms with Gasteiger partial charge in [0.25, 0.3) is 0 Å². The molecule has 4 rings (SSSR count). The summed E-state index contributed by atoms with van der Waals surface area (Å²) in [6, 6.07) is -0.405. The number of Topliss-reactive ketones (excluding diaryl/α,β-unsaturated/α-hetero) is 1. The van der Waals surface area contributed by atoms with Gasteiger partial charge >= 0.3 is 29.6 Å². The number of amides is 1. The minimum atomic E-state index is -1.42. The van der Waals surface area contributed by atoms with Crippen LogP contribution in [-0.2, 0) is 9.59 Å². The van der Waals surface area contributed by atoms with E-state index in [4.69, 9.17) is 0 Å². The van der Waals surface area contributed by atoms with E-state index in [-0.39, 0.29) is 47.0 Å². The quantitative estimate of drug-likeness (QED) is 0.332. The van der Waals surface area contributed by atoms with Gasteiger partial charge in [-0.05, 0) is 6.92 Å². The molecule has 0 saturated carbocycles. The Morgan fingerprint density at radius 1 is 1.41 bits per heavy atom. The summed E-state index contributed by atoms with van der Waals surface area (Å²) < 4.78 is 1.67. The minimum Gasteiger partial charge on any atom is -0.543 e. The summed E-state index contributed by atoms with van der Waals surface area (Å²) in [5, 5.41) is 21.7. The Morgan fingerprint density at radius 3 is 2.63 bits per heavy atom. The second-order valence-corrected chi connectivity index (χ2v) is 7.79. The fourth-order valence-corrected chi connectivity index (χ4v) is 5.31. The van der Waals surface area contributed by atoms with Crippen molar-refractivity contribution in [1.82, 2.24) is 14.3 Å². The van der Waals surface area contributed by atoms with Crippen LogP contribution in [0.4, 0.5) is 0 Å². The molecule has 4 heterocycles. The van der Waals surface area contributed by atoms with Crippen molar-refractivity contribution >= 4 is 39.4 Å². The van der Waals surface area contributed by atoms with Crippen LogP contribution in [0.1, 0.15) is 36.1 Å². The first-order chi connectivity index (χ1) is 12.2. The van der Waals surface area contributed by atoms with Crippen LogP contribution in [0.3, 0.4) is 0 Å². The van der Waals surface area contributed by atoms with Crippen LogP contribution >= 0.6 is 11.3 Å². The Kier molecular flexibility index (Phi) is 5.11. The van der Waals surface area contributed by atoms with Crippen LogP contribution < -0.4 is 34.7 Å². The van der Waals surface area contributed by atoms with Gasteiger partial charge in [-0.15, -0.1) is 11.3 Å². The third kappa shape index (κ3) is 2.72. The van der Waals surface area contributed by atoms with Gasteiger partial charge in [-0.2, -0.15) is 0 Å². The molecule has 1 unspecified atom stereocenters. The van der Waals surface area contributed by atoms with E-state index in [1.807, 2.05) is 6.92 Å². The average Bonchev–Trinajstić information content (AvgIpc) is 3.16. The SMILES string of the molecule is CC(=O)c1ncn2cc(C3=C(C(=O)[O-])N4C(=O)[C@H]([C@@H](C)O)C4[C@H]3C)sc12.[Na+]. The second kappa shape index (κ2) is 6.82. The van der Waals surface area contributed by atoms with Gasteiger partial charge in [0, 0.05) is 24.6 Å². The normalized spacial score (nSPS) is 25.3. The van der Waals surface area contributed by atoms with Crippen molar-refractivity contribution in [3.63, 3.8) is 0 Å². The molecule has 0 bridgehead atoms. The van der Waals surface area contributed by atoms with Crippen LogP contribution in [0, 0.1) is 11.8 Å². The topological polar surface area (TPSA) is 115 Å². The molecular formula is C17H16N3NaO5S. The Labute approximate surface area is 180 Å². The molecule has 0 radical (unpaired) electrons. The maximum atomic E-state index is 12.4. The number of ketones is 1. The number of nitrogens with zero attached hydrogens (tertiary/aromatic N) is 3. The summed E-state index contributed by atoms with van der Waals surface area (Å²) >= 11 is 1.25. The predicted molar refractivity (Wildman–Crippen MR) is 90.0 cm³/mol. The largest absolute Gasteiger partial charge is 1.00 e. The van der Waals surface area contributed by atoms with Crippen LogP contribution in [0.15, 0.2) is 18.2 Å². The molecule has 2 aromatic heterocycles. The Hall–Kier alpha value is -1.52. The summed E-state index contributed by atoms with van der Waals surface area (Å²) in [7, 11) is 0. The molecule has 0 aliphatic carbocycles. The zero-order valence-corrected chi connectivity index (χ0v) is 18.1. The molecule has 27 heavy (non-hydrogen) atoms. The molecule has 2 aliphatic heterocycles. The molecule has 1 N–H and O–H groups in total. The Morgan fingerprint density at radius 2 is 2.07 bits per heavy atom. The van der Waals surface area contributed by atoms with Crippen molar-refractivity contribution in [3.05, 3.63) is 28.8 Å². The smallest absolute Gasteiger partial charge is 0.543 e. The van der Waals surface area contributed by atoms with Gasteiger partial charge in [0.05, 0.1) is 34.6 Å². The second-order valence-electron chi connectivity index (χ2n) is 6.76. The van der Waals surface area contributed by atoms with Crippen molar-refractivity contribution < 1.29 is 54.2 Å². The van der Waals surface area contributed by atoms with Gasteiger partial charge in [0.2, 0.25) is 5.91 Å². The number of fused-ring (bicyclic) bond motifs is 2. The van der Waals surface area contributed by atoms with E-state index in [1.54, 1.807) is 10.6 Å². The van der Waals surface area contributed by atoms with Crippen LogP contribution in [0.5, 0.6) is 0 Å². The number of aliphatic carboxylic acids is 1. The summed E-state index contributed by atoms with van der Waals surface area (Å²) in [4.78, 5) is 42.4. The number of carbonyl (C=O) groups is 3. The van der Waals surface area contributed by atoms with Crippen LogP contribution in [-0.4, -0.2) is 49.2 Å². The number of aromatic nitrogens is 2. The van der Waals surface area contributed by atoms with E-state index in [9.17, 15) is 24.6 Å². The maximum absolute atomic E-state index is 12.4. The van der Waals surface area contributed by atoms with Gasteiger partial charge in [0.1, 0.15) is 16.9 Å². The molecule has 136 valence electrons. The third-order valence-corrected chi connectivity index (χ3v) is 6.32. The number of thiazole rings is 1. The van der Waals surface area contributed by atoms with Gasteiger partial charge in [-0.1, -0.05) is 6.92 Å². The van der Waals surface area contributed by atoms with Crippen molar-refractivity contribution in [2.75, 3.05) is 0 Å². The predicted octanol–water partition coefficient (Wildman–Crippen LogP) is -3.08. The van der Waals surface area contributed by atoms with Crippen LogP contribution in [0.25, 0.3) is 10.4 Å². The standard InChI is InChI=1S/C17H17N3O5S.Na/c1-6-10(9-4-19-5-18-12(8(3)22)16(19)26-9)14(17(24)25)20-13(6)11(7(2)21)15(20)23;/h4-7,11,13,21H,1-3H3,(H,24,25);/q;+1/p-1/t6-,7+,11+,13?;/m0./s1. The average molecular weight is 397 g/mol. The number of aliphatic hydroxyl groups excluding tert-OH is 1.